The van der Waals surface area contributed by atoms with E-state index in [9.17, 15) is 9.90 Å². The summed E-state index contributed by atoms with van der Waals surface area (Å²) in [6.45, 7) is 4.09. The maximum atomic E-state index is 13.3. The van der Waals surface area contributed by atoms with Crippen LogP contribution in [0.5, 0.6) is 0 Å². The van der Waals surface area contributed by atoms with E-state index in [0.29, 0.717) is 37.4 Å². The van der Waals surface area contributed by atoms with E-state index in [-0.39, 0.29) is 11.7 Å². The predicted octanol–water partition coefficient (Wildman–Crippen LogP) is 2.75. The first kappa shape index (κ1) is 18.2. The van der Waals surface area contributed by atoms with Crippen LogP contribution in [-0.4, -0.2) is 52.2 Å². The van der Waals surface area contributed by atoms with Gasteiger partial charge in [0.25, 0.3) is 5.91 Å². The van der Waals surface area contributed by atoms with Crippen molar-refractivity contribution in [2.45, 2.75) is 13.0 Å². The SMILES string of the molecule is C[C@H](O)c1onc(-c2ccccc2)c1C(=O)N1CCN(c2ccccn2)CC1. The fourth-order valence-electron chi connectivity index (χ4n) is 3.43. The summed E-state index contributed by atoms with van der Waals surface area (Å²) >= 11 is 0. The van der Waals surface area contributed by atoms with Crippen LogP contribution in [0.4, 0.5) is 5.82 Å². The van der Waals surface area contributed by atoms with Crippen molar-refractivity contribution < 1.29 is 14.4 Å². The summed E-state index contributed by atoms with van der Waals surface area (Å²) in [5.74, 6) is 0.946. The molecule has 0 bridgehead atoms. The quantitative estimate of drug-likeness (QED) is 0.752. The lowest BCUT2D eigenvalue weighted by Gasteiger charge is -2.35. The zero-order valence-corrected chi connectivity index (χ0v) is 15.7. The first-order chi connectivity index (χ1) is 13.6. The van der Waals surface area contributed by atoms with Crippen molar-refractivity contribution in [2.24, 2.45) is 0 Å². The third-order valence-electron chi connectivity index (χ3n) is 4.90. The number of anilines is 1. The second-order valence-corrected chi connectivity index (χ2v) is 6.78. The highest BCUT2D eigenvalue weighted by Gasteiger charge is 2.31. The van der Waals surface area contributed by atoms with Gasteiger partial charge in [-0.3, -0.25) is 4.79 Å². The molecule has 1 fully saturated rings. The minimum atomic E-state index is -0.918. The summed E-state index contributed by atoms with van der Waals surface area (Å²) in [4.78, 5) is 21.6. The molecule has 1 aliphatic rings. The Kier molecular flexibility index (Phi) is 5.08. The fourth-order valence-corrected chi connectivity index (χ4v) is 3.43. The molecule has 7 nitrogen and oxygen atoms in total. The van der Waals surface area contributed by atoms with Crippen LogP contribution in [0.2, 0.25) is 0 Å². The number of rotatable bonds is 4. The normalized spacial score (nSPS) is 15.5. The summed E-state index contributed by atoms with van der Waals surface area (Å²) in [5.41, 5.74) is 1.59. The molecule has 1 aliphatic heterocycles. The maximum Gasteiger partial charge on any atom is 0.259 e. The van der Waals surface area contributed by atoms with E-state index in [2.05, 4.69) is 15.0 Å². The van der Waals surface area contributed by atoms with Crippen molar-refractivity contribution in [1.29, 1.82) is 0 Å². The van der Waals surface area contributed by atoms with Crippen molar-refractivity contribution >= 4 is 11.7 Å². The smallest absolute Gasteiger partial charge is 0.259 e. The molecule has 2 aromatic heterocycles. The number of hydrogen-bond donors (Lipinski definition) is 1. The average Bonchev–Trinajstić information content (AvgIpc) is 3.20. The second kappa shape index (κ2) is 7.82. The van der Waals surface area contributed by atoms with E-state index < -0.39 is 6.10 Å². The molecule has 28 heavy (non-hydrogen) atoms. The number of piperazine rings is 1. The molecule has 1 atom stereocenters. The Labute approximate surface area is 163 Å². The molecule has 3 aromatic rings. The van der Waals surface area contributed by atoms with Crippen molar-refractivity contribution in [2.75, 3.05) is 31.1 Å². The van der Waals surface area contributed by atoms with Crippen LogP contribution in [0.3, 0.4) is 0 Å². The highest BCUT2D eigenvalue weighted by Crippen LogP contribution is 2.30. The van der Waals surface area contributed by atoms with Gasteiger partial charge in [-0.1, -0.05) is 41.6 Å². The molecular formula is C21H22N4O3. The minimum absolute atomic E-state index is 0.170. The molecule has 1 aromatic carbocycles. The lowest BCUT2D eigenvalue weighted by atomic mass is 10.0. The van der Waals surface area contributed by atoms with Gasteiger partial charge in [-0.15, -0.1) is 0 Å². The molecule has 1 amide bonds. The van der Waals surface area contributed by atoms with Crippen LogP contribution in [0, 0.1) is 0 Å². The molecule has 0 radical (unpaired) electrons. The minimum Gasteiger partial charge on any atom is -0.385 e. The van der Waals surface area contributed by atoms with Gasteiger partial charge >= 0.3 is 0 Å². The summed E-state index contributed by atoms with van der Waals surface area (Å²) in [7, 11) is 0. The molecule has 144 valence electrons. The third kappa shape index (κ3) is 3.48. The van der Waals surface area contributed by atoms with Gasteiger partial charge in [0, 0.05) is 37.9 Å². The van der Waals surface area contributed by atoms with Gasteiger partial charge in [0.15, 0.2) is 5.76 Å². The molecule has 0 saturated carbocycles. The molecule has 7 heteroatoms. The molecule has 4 rings (SSSR count). The standard InChI is InChI=1S/C21H22N4O3/c1-15(26)20-18(19(23-28-20)16-7-3-2-4-8-16)21(27)25-13-11-24(12-14-25)17-9-5-6-10-22-17/h2-10,15,26H,11-14H2,1H3/t15-/m0/s1. The second-order valence-electron chi connectivity index (χ2n) is 6.78. The number of carbonyl (C=O) groups excluding carboxylic acids is 1. The molecule has 1 N–H and O–H groups in total. The van der Waals surface area contributed by atoms with Gasteiger partial charge in [0.2, 0.25) is 0 Å². The maximum absolute atomic E-state index is 13.3. The van der Waals surface area contributed by atoms with Gasteiger partial charge in [-0.2, -0.15) is 0 Å². The van der Waals surface area contributed by atoms with Gasteiger partial charge in [-0.25, -0.2) is 4.98 Å². The molecule has 0 aliphatic carbocycles. The number of benzene rings is 1. The number of aliphatic hydroxyl groups excluding tert-OH is 1. The predicted molar refractivity (Wildman–Crippen MR) is 105 cm³/mol. The highest BCUT2D eigenvalue weighted by atomic mass is 16.5. The Morgan fingerprint density at radius 1 is 1.07 bits per heavy atom. The number of aliphatic hydroxyl groups is 1. The van der Waals surface area contributed by atoms with Crippen molar-refractivity contribution in [3.05, 3.63) is 66.1 Å². The molecule has 1 saturated heterocycles. The number of pyridine rings is 1. The number of nitrogens with zero attached hydrogens (tertiary/aromatic N) is 4. The summed E-state index contributed by atoms with van der Waals surface area (Å²) in [5, 5.41) is 14.2. The highest BCUT2D eigenvalue weighted by molar-refractivity contribution is 6.01. The van der Waals surface area contributed by atoms with Crippen LogP contribution < -0.4 is 4.90 Å². The van der Waals surface area contributed by atoms with E-state index in [4.69, 9.17) is 4.52 Å². The average molecular weight is 378 g/mol. The van der Waals surface area contributed by atoms with E-state index in [1.807, 2.05) is 48.5 Å². The zero-order valence-electron chi connectivity index (χ0n) is 15.7. The molecular weight excluding hydrogens is 356 g/mol. The Balaban J connectivity index is 1.58. The van der Waals surface area contributed by atoms with Crippen LogP contribution in [-0.2, 0) is 0 Å². The van der Waals surface area contributed by atoms with Gasteiger partial charge in [0.1, 0.15) is 23.2 Å². The number of carbonyl (C=O) groups is 1. The zero-order chi connectivity index (χ0) is 19.5. The molecule has 0 unspecified atom stereocenters. The van der Waals surface area contributed by atoms with Crippen LogP contribution >= 0.6 is 0 Å². The van der Waals surface area contributed by atoms with Crippen molar-refractivity contribution in [3.63, 3.8) is 0 Å². The Bertz CT molecular complexity index is 933. The summed E-state index contributed by atoms with van der Waals surface area (Å²) in [6, 6.07) is 15.2. The fraction of sp³-hybridized carbons (Fsp3) is 0.286. The summed E-state index contributed by atoms with van der Waals surface area (Å²) in [6.07, 6.45) is 0.851. The van der Waals surface area contributed by atoms with Gasteiger partial charge in [0.05, 0.1) is 0 Å². The van der Waals surface area contributed by atoms with Crippen LogP contribution in [0.25, 0.3) is 11.3 Å². The number of hydrogen-bond acceptors (Lipinski definition) is 6. The Morgan fingerprint density at radius 3 is 2.43 bits per heavy atom. The number of amides is 1. The van der Waals surface area contributed by atoms with E-state index in [1.165, 1.54) is 0 Å². The van der Waals surface area contributed by atoms with Crippen LogP contribution in [0.15, 0.2) is 59.3 Å². The first-order valence-corrected chi connectivity index (χ1v) is 9.33. The van der Waals surface area contributed by atoms with Crippen LogP contribution in [0.1, 0.15) is 29.1 Å². The largest absolute Gasteiger partial charge is 0.385 e. The van der Waals surface area contributed by atoms with Crippen molar-refractivity contribution in [1.82, 2.24) is 15.0 Å². The summed E-state index contributed by atoms with van der Waals surface area (Å²) < 4.78 is 5.35. The van der Waals surface area contributed by atoms with Gasteiger partial charge < -0.3 is 19.4 Å². The topological polar surface area (TPSA) is 82.7 Å². The first-order valence-electron chi connectivity index (χ1n) is 9.33. The number of aromatic nitrogens is 2. The van der Waals surface area contributed by atoms with Gasteiger partial charge in [-0.05, 0) is 19.1 Å². The molecule has 3 heterocycles. The van der Waals surface area contributed by atoms with E-state index >= 15 is 0 Å². The monoisotopic (exact) mass is 378 g/mol. The third-order valence-corrected chi connectivity index (χ3v) is 4.90. The lowest BCUT2D eigenvalue weighted by Crippen LogP contribution is -2.49. The lowest BCUT2D eigenvalue weighted by molar-refractivity contribution is 0.0735. The Morgan fingerprint density at radius 2 is 1.79 bits per heavy atom. The Hall–Kier alpha value is -3.19. The van der Waals surface area contributed by atoms with Crippen molar-refractivity contribution in [3.8, 4) is 11.3 Å². The molecule has 0 spiro atoms. The van der Waals surface area contributed by atoms with E-state index in [1.54, 1.807) is 18.0 Å². The van der Waals surface area contributed by atoms with E-state index in [0.717, 1.165) is 11.4 Å².